The summed E-state index contributed by atoms with van der Waals surface area (Å²) in [6, 6.07) is -3.99. The van der Waals surface area contributed by atoms with E-state index in [4.69, 9.17) is 0 Å². The van der Waals surface area contributed by atoms with Crippen molar-refractivity contribution in [2.24, 2.45) is 0 Å². The molecule has 1 saturated heterocycles. The number of rotatable bonds is 2. The van der Waals surface area contributed by atoms with Crippen molar-refractivity contribution < 1.29 is 46.1 Å². The Morgan fingerprint density at radius 3 is 2.18 bits per heavy atom. The topological polar surface area (TPSA) is 71.1 Å². The first-order valence-corrected chi connectivity index (χ1v) is 3.96. The van der Waals surface area contributed by atoms with E-state index in [9.17, 15) is 27.2 Å². The van der Waals surface area contributed by atoms with Crippen LogP contribution in [0.3, 0.4) is 0 Å². The molecule has 0 aromatic carbocycles. The zero-order valence-electron chi connectivity index (χ0n) is 8.46. The zero-order chi connectivity index (χ0) is 13.5. The summed E-state index contributed by atoms with van der Waals surface area (Å²) >= 11 is 0. The lowest BCUT2D eigenvalue weighted by molar-refractivity contribution is -0.382. The van der Waals surface area contributed by atoms with Gasteiger partial charge in [-0.25, -0.2) is 9.59 Å². The molecule has 2 unspecified atom stereocenters. The number of ether oxygens (including phenoxy) is 4. The standard InChI is InChI=1S/C7H6F4O6/c1-14-4(13)6(8)16-3(12)5(15-2,17-6)7(9,10)11/h1-2H3. The number of hydrogen-bond donors (Lipinski definition) is 0. The number of halogens is 4. The van der Waals surface area contributed by atoms with Crippen LogP contribution in [-0.2, 0) is 28.5 Å². The molecule has 0 aromatic rings. The van der Waals surface area contributed by atoms with Gasteiger partial charge in [0.1, 0.15) is 0 Å². The lowest BCUT2D eigenvalue weighted by atomic mass is 10.3. The average Bonchev–Trinajstić information content (AvgIpc) is 2.50. The number of carbonyl (C=O) groups excluding carboxylic acids is 2. The third-order valence-corrected chi connectivity index (χ3v) is 1.86. The van der Waals surface area contributed by atoms with Gasteiger partial charge in [0.15, 0.2) is 0 Å². The molecule has 98 valence electrons. The second-order valence-corrected chi connectivity index (χ2v) is 2.84. The van der Waals surface area contributed by atoms with Crippen molar-refractivity contribution in [1.82, 2.24) is 0 Å². The van der Waals surface area contributed by atoms with Gasteiger partial charge in [0.25, 0.3) is 0 Å². The quantitative estimate of drug-likeness (QED) is 0.525. The molecule has 0 aliphatic carbocycles. The normalized spacial score (nSPS) is 33.4. The van der Waals surface area contributed by atoms with Crippen molar-refractivity contribution >= 4 is 11.9 Å². The van der Waals surface area contributed by atoms with Gasteiger partial charge in [-0.3, -0.25) is 4.74 Å². The van der Waals surface area contributed by atoms with Crippen LogP contribution in [0.15, 0.2) is 0 Å². The lowest BCUT2D eigenvalue weighted by Crippen LogP contribution is -2.53. The molecule has 0 radical (unpaired) electrons. The summed E-state index contributed by atoms with van der Waals surface area (Å²) in [7, 11) is 1.11. The summed E-state index contributed by atoms with van der Waals surface area (Å²) in [6.45, 7) is 0. The Morgan fingerprint density at radius 1 is 1.35 bits per heavy atom. The zero-order valence-corrected chi connectivity index (χ0v) is 8.46. The van der Waals surface area contributed by atoms with E-state index in [1.807, 2.05) is 0 Å². The fourth-order valence-corrected chi connectivity index (χ4v) is 1.05. The predicted molar refractivity (Wildman–Crippen MR) is 38.8 cm³/mol. The van der Waals surface area contributed by atoms with Crippen LogP contribution in [0.5, 0.6) is 0 Å². The van der Waals surface area contributed by atoms with Crippen LogP contribution >= 0.6 is 0 Å². The van der Waals surface area contributed by atoms with Crippen LogP contribution in [0, 0.1) is 0 Å². The Kier molecular flexibility index (Phi) is 3.05. The number of esters is 2. The Morgan fingerprint density at radius 2 is 1.88 bits per heavy atom. The van der Waals surface area contributed by atoms with Crippen LogP contribution in [0.2, 0.25) is 0 Å². The molecule has 1 heterocycles. The summed E-state index contributed by atoms with van der Waals surface area (Å²) < 4.78 is 65.8. The van der Waals surface area contributed by atoms with Crippen molar-refractivity contribution in [3.05, 3.63) is 0 Å². The molecule has 0 bridgehead atoms. The highest BCUT2D eigenvalue weighted by molar-refractivity contribution is 5.87. The molecule has 6 nitrogen and oxygen atoms in total. The van der Waals surface area contributed by atoms with Gasteiger partial charge in [0, 0.05) is 7.11 Å². The van der Waals surface area contributed by atoms with Crippen LogP contribution in [0.4, 0.5) is 17.6 Å². The van der Waals surface area contributed by atoms with Gasteiger partial charge in [-0.05, 0) is 0 Å². The largest absolute Gasteiger partial charge is 0.472 e. The van der Waals surface area contributed by atoms with E-state index in [0.29, 0.717) is 14.2 Å². The van der Waals surface area contributed by atoms with Crippen LogP contribution in [-0.4, -0.2) is 44.2 Å². The van der Waals surface area contributed by atoms with E-state index in [-0.39, 0.29) is 0 Å². The molecule has 0 saturated carbocycles. The van der Waals surface area contributed by atoms with Crippen molar-refractivity contribution in [1.29, 1.82) is 0 Å². The molecule has 0 aromatic heterocycles. The molecular formula is C7H6F4O6. The summed E-state index contributed by atoms with van der Waals surface area (Å²) in [4.78, 5) is 21.8. The van der Waals surface area contributed by atoms with E-state index < -0.39 is 29.9 Å². The number of carbonyl (C=O) groups is 2. The van der Waals surface area contributed by atoms with Gasteiger partial charge in [-0.1, -0.05) is 0 Å². The summed E-state index contributed by atoms with van der Waals surface area (Å²) in [5.41, 5.74) is 0. The third-order valence-electron chi connectivity index (χ3n) is 1.86. The molecule has 10 heteroatoms. The van der Waals surface area contributed by atoms with Gasteiger partial charge in [-0.15, -0.1) is 0 Å². The van der Waals surface area contributed by atoms with E-state index in [1.165, 1.54) is 0 Å². The van der Waals surface area contributed by atoms with Crippen LogP contribution < -0.4 is 0 Å². The minimum Gasteiger partial charge on any atom is -0.462 e. The SMILES string of the molecule is COC(=O)C1(F)OC(=O)C(OC)(C(F)(F)F)O1. The molecule has 1 rings (SSSR count). The molecule has 0 amide bonds. The van der Waals surface area contributed by atoms with Crippen molar-refractivity contribution in [2.75, 3.05) is 14.2 Å². The maximum absolute atomic E-state index is 13.4. The number of alkyl halides is 4. The third kappa shape index (κ3) is 1.82. The average molecular weight is 262 g/mol. The highest BCUT2D eigenvalue weighted by atomic mass is 19.4. The van der Waals surface area contributed by atoms with E-state index in [0.717, 1.165) is 0 Å². The van der Waals surface area contributed by atoms with E-state index in [1.54, 1.807) is 0 Å². The molecule has 1 aliphatic heterocycles. The monoisotopic (exact) mass is 262 g/mol. The minimum atomic E-state index is -5.43. The summed E-state index contributed by atoms with van der Waals surface area (Å²) in [5.74, 6) is -8.18. The maximum Gasteiger partial charge on any atom is 0.472 e. The first-order valence-electron chi connectivity index (χ1n) is 3.96. The smallest absolute Gasteiger partial charge is 0.462 e. The van der Waals surface area contributed by atoms with Gasteiger partial charge in [0.2, 0.25) is 0 Å². The molecule has 1 aliphatic rings. The molecule has 0 N–H and O–H groups in total. The van der Waals surface area contributed by atoms with Gasteiger partial charge >= 0.3 is 29.9 Å². The maximum atomic E-state index is 13.4. The minimum absolute atomic E-state index is 0.442. The second-order valence-electron chi connectivity index (χ2n) is 2.84. The molecule has 17 heavy (non-hydrogen) atoms. The first kappa shape index (κ1) is 13.6. The number of methoxy groups -OCH3 is 2. The predicted octanol–water partition coefficient (Wildman–Crippen LogP) is 0.261. The van der Waals surface area contributed by atoms with Crippen LogP contribution in [0.1, 0.15) is 0 Å². The molecular weight excluding hydrogens is 256 g/mol. The highest BCUT2D eigenvalue weighted by Gasteiger charge is 2.76. The van der Waals surface area contributed by atoms with Crippen molar-refractivity contribution in [3.63, 3.8) is 0 Å². The summed E-state index contributed by atoms with van der Waals surface area (Å²) in [6.07, 6.45) is -5.43. The molecule has 0 spiro atoms. The fourth-order valence-electron chi connectivity index (χ4n) is 1.05. The lowest BCUT2D eigenvalue weighted by Gasteiger charge is -2.24. The Balaban J connectivity index is 3.16. The fraction of sp³-hybridized carbons (Fsp3) is 0.714. The molecule has 2 atom stereocenters. The van der Waals surface area contributed by atoms with E-state index >= 15 is 0 Å². The van der Waals surface area contributed by atoms with Gasteiger partial charge < -0.3 is 14.2 Å². The first-order chi connectivity index (χ1) is 7.63. The van der Waals surface area contributed by atoms with Gasteiger partial charge in [-0.2, -0.15) is 17.6 Å². The number of hydrogen-bond acceptors (Lipinski definition) is 6. The Bertz CT molecular complexity index is 355. The Labute approximate surface area is 91.4 Å². The van der Waals surface area contributed by atoms with E-state index in [2.05, 4.69) is 18.9 Å². The molecule has 1 fully saturated rings. The summed E-state index contributed by atoms with van der Waals surface area (Å²) in [5, 5.41) is 0. The van der Waals surface area contributed by atoms with Crippen molar-refractivity contribution in [2.45, 2.75) is 18.0 Å². The Hall–Kier alpha value is -1.42. The second kappa shape index (κ2) is 3.81. The van der Waals surface area contributed by atoms with Gasteiger partial charge in [0.05, 0.1) is 7.11 Å². The van der Waals surface area contributed by atoms with Crippen molar-refractivity contribution in [3.8, 4) is 0 Å². The highest BCUT2D eigenvalue weighted by Crippen LogP contribution is 2.45. The number of cyclic esters (lactones) is 1. The van der Waals surface area contributed by atoms with Crippen LogP contribution in [0.25, 0.3) is 0 Å².